The average Bonchev–Trinajstić information content (AvgIpc) is 2.72. The Labute approximate surface area is 163 Å². The summed E-state index contributed by atoms with van der Waals surface area (Å²) in [5.74, 6) is 0. The molecule has 0 radical (unpaired) electrons. The standard InChI is InChI=1S/C20H24N4O4/c25-20(22-14-17-4-2-6-19(12-17)24(26)27)21-13-16-3-1-5-18(11-16)15-23-7-9-28-10-8-23/h1-6,11-12H,7-10,13-15H2,(H2,21,22,25). The number of nitrogens with one attached hydrogen (secondary N) is 2. The number of urea groups is 1. The molecule has 0 spiro atoms. The number of carbonyl (C=O) groups is 1. The highest BCUT2D eigenvalue weighted by molar-refractivity contribution is 5.73. The first kappa shape index (κ1) is 19.8. The van der Waals surface area contributed by atoms with E-state index in [0.717, 1.165) is 38.4 Å². The lowest BCUT2D eigenvalue weighted by Crippen LogP contribution is -2.35. The van der Waals surface area contributed by atoms with Gasteiger partial charge in [-0.1, -0.05) is 36.4 Å². The highest BCUT2D eigenvalue weighted by Crippen LogP contribution is 2.13. The number of nitro benzene ring substituents is 1. The lowest BCUT2D eigenvalue weighted by molar-refractivity contribution is -0.384. The number of nitrogens with zero attached hydrogens (tertiary/aromatic N) is 2. The zero-order valence-electron chi connectivity index (χ0n) is 15.6. The van der Waals surface area contributed by atoms with Crippen molar-refractivity contribution < 1.29 is 14.5 Å². The average molecular weight is 384 g/mol. The van der Waals surface area contributed by atoms with E-state index in [-0.39, 0.29) is 18.3 Å². The lowest BCUT2D eigenvalue weighted by Gasteiger charge is -2.26. The quantitative estimate of drug-likeness (QED) is 0.564. The number of nitro groups is 1. The summed E-state index contributed by atoms with van der Waals surface area (Å²) in [6, 6.07) is 14.1. The number of amides is 2. The molecule has 1 heterocycles. The van der Waals surface area contributed by atoms with E-state index in [4.69, 9.17) is 4.74 Å². The number of carbonyl (C=O) groups excluding carboxylic acids is 1. The molecule has 2 amide bonds. The highest BCUT2D eigenvalue weighted by atomic mass is 16.6. The summed E-state index contributed by atoms with van der Waals surface area (Å²) in [7, 11) is 0. The fourth-order valence-corrected chi connectivity index (χ4v) is 3.06. The molecule has 0 saturated carbocycles. The van der Waals surface area contributed by atoms with Gasteiger partial charge in [-0.3, -0.25) is 15.0 Å². The van der Waals surface area contributed by atoms with E-state index in [0.29, 0.717) is 12.1 Å². The smallest absolute Gasteiger partial charge is 0.315 e. The Morgan fingerprint density at radius 2 is 1.61 bits per heavy atom. The second kappa shape index (κ2) is 9.82. The molecule has 8 nitrogen and oxygen atoms in total. The summed E-state index contributed by atoms with van der Waals surface area (Å²) in [4.78, 5) is 24.7. The molecule has 0 aromatic heterocycles. The van der Waals surface area contributed by atoms with Crippen molar-refractivity contribution in [2.45, 2.75) is 19.6 Å². The van der Waals surface area contributed by atoms with Crippen LogP contribution < -0.4 is 10.6 Å². The van der Waals surface area contributed by atoms with Crippen LogP contribution in [-0.2, 0) is 24.4 Å². The Hall–Kier alpha value is -2.97. The zero-order valence-corrected chi connectivity index (χ0v) is 15.6. The molecule has 0 atom stereocenters. The number of hydrogen-bond donors (Lipinski definition) is 2. The van der Waals surface area contributed by atoms with Crippen LogP contribution in [-0.4, -0.2) is 42.2 Å². The van der Waals surface area contributed by atoms with Crippen LogP contribution in [0.1, 0.15) is 16.7 Å². The van der Waals surface area contributed by atoms with Crippen molar-refractivity contribution in [1.82, 2.24) is 15.5 Å². The van der Waals surface area contributed by atoms with Crippen molar-refractivity contribution in [1.29, 1.82) is 0 Å². The molecule has 148 valence electrons. The van der Waals surface area contributed by atoms with E-state index < -0.39 is 4.92 Å². The van der Waals surface area contributed by atoms with Crippen molar-refractivity contribution in [3.05, 3.63) is 75.3 Å². The van der Waals surface area contributed by atoms with Gasteiger partial charge in [0.05, 0.1) is 18.1 Å². The minimum Gasteiger partial charge on any atom is -0.379 e. The van der Waals surface area contributed by atoms with E-state index in [1.807, 2.05) is 12.1 Å². The van der Waals surface area contributed by atoms with Crippen LogP contribution in [0, 0.1) is 10.1 Å². The van der Waals surface area contributed by atoms with Crippen molar-refractivity contribution in [2.24, 2.45) is 0 Å². The largest absolute Gasteiger partial charge is 0.379 e. The predicted octanol–water partition coefficient (Wildman–Crippen LogP) is 2.43. The van der Waals surface area contributed by atoms with Crippen LogP contribution in [0.3, 0.4) is 0 Å². The fourth-order valence-electron chi connectivity index (χ4n) is 3.06. The Kier molecular flexibility index (Phi) is 6.94. The van der Waals surface area contributed by atoms with Gasteiger partial charge in [-0.15, -0.1) is 0 Å². The number of hydrogen-bond acceptors (Lipinski definition) is 5. The minimum absolute atomic E-state index is 0.0109. The molecule has 2 aromatic rings. The van der Waals surface area contributed by atoms with Gasteiger partial charge in [0.25, 0.3) is 5.69 Å². The number of morpholine rings is 1. The maximum Gasteiger partial charge on any atom is 0.315 e. The maximum atomic E-state index is 12.0. The van der Waals surface area contributed by atoms with E-state index in [1.165, 1.54) is 17.7 Å². The van der Waals surface area contributed by atoms with Crippen LogP contribution in [0.25, 0.3) is 0 Å². The van der Waals surface area contributed by atoms with Crippen molar-refractivity contribution >= 4 is 11.7 Å². The molecule has 0 aliphatic carbocycles. The molecule has 1 aliphatic rings. The second-order valence-corrected chi connectivity index (χ2v) is 6.67. The summed E-state index contributed by atoms with van der Waals surface area (Å²) < 4.78 is 5.37. The number of ether oxygens (including phenoxy) is 1. The van der Waals surface area contributed by atoms with Gasteiger partial charge in [-0.05, 0) is 16.7 Å². The van der Waals surface area contributed by atoms with Gasteiger partial charge in [-0.25, -0.2) is 4.79 Å². The van der Waals surface area contributed by atoms with Crippen LogP contribution >= 0.6 is 0 Å². The summed E-state index contributed by atoms with van der Waals surface area (Å²) in [5, 5.41) is 16.3. The van der Waals surface area contributed by atoms with Gasteiger partial charge < -0.3 is 15.4 Å². The third-order valence-electron chi connectivity index (χ3n) is 4.53. The Bertz CT molecular complexity index is 821. The molecule has 28 heavy (non-hydrogen) atoms. The second-order valence-electron chi connectivity index (χ2n) is 6.67. The first-order valence-electron chi connectivity index (χ1n) is 9.23. The molecular formula is C20H24N4O4. The summed E-state index contributed by atoms with van der Waals surface area (Å²) >= 11 is 0. The third kappa shape index (κ3) is 6.04. The number of non-ortho nitro benzene ring substituents is 1. The third-order valence-corrected chi connectivity index (χ3v) is 4.53. The van der Waals surface area contributed by atoms with E-state index >= 15 is 0 Å². The van der Waals surface area contributed by atoms with Gasteiger partial charge in [0.15, 0.2) is 0 Å². The summed E-state index contributed by atoms with van der Waals surface area (Å²) in [5.41, 5.74) is 2.92. The molecule has 8 heteroatoms. The Morgan fingerprint density at radius 3 is 2.29 bits per heavy atom. The van der Waals surface area contributed by atoms with Gasteiger partial charge in [0, 0.05) is 44.9 Å². The zero-order chi connectivity index (χ0) is 19.8. The van der Waals surface area contributed by atoms with Gasteiger partial charge in [0.1, 0.15) is 0 Å². The first-order valence-corrected chi connectivity index (χ1v) is 9.23. The van der Waals surface area contributed by atoms with Crippen LogP contribution in [0.2, 0.25) is 0 Å². The van der Waals surface area contributed by atoms with E-state index in [1.54, 1.807) is 12.1 Å². The van der Waals surface area contributed by atoms with Gasteiger partial charge in [0.2, 0.25) is 0 Å². The van der Waals surface area contributed by atoms with Gasteiger partial charge >= 0.3 is 6.03 Å². The molecule has 2 N–H and O–H groups in total. The lowest BCUT2D eigenvalue weighted by atomic mass is 10.1. The molecule has 1 fully saturated rings. The Balaban J connectivity index is 1.46. The molecular weight excluding hydrogens is 360 g/mol. The maximum absolute atomic E-state index is 12.0. The van der Waals surface area contributed by atoms with Crippen molar-refractivity contribution in [3.63, 3.8) is 0 Å². The van der Waals surface area contributed by atoms with Gasteiger partial charge in [-0.2, -0.15) is 0 Å². The molecule has 2 aromatic carbocycles. The summed E-state index contributed by atoms with van der Waals surface area (Å²) in [6.07, 6.45) is 0. The fraction of sp³-hybridized carbons (Fsp3) is 0.350. The van der Waals surface area contributed by atoms with Crippen LogP contribution in [0.15, 0.2) is 48.5 Å². The molecule has 3 rings (SSSR count). The molecule has 0 unspecified atom stereocenters. The Morgan fingerprint density at radius 1 is 1.00 bits per heavy atom. The normalized spacial score (nSPS) is 14.4. The van der Waals surface area contributed by atoms with E-state index in [2.05, 4.69) is 27.7 Å². The number of rotatable bonds is 7. The minimum atomic E-state index is -0.451. The van der Waals surface area contributed by atoms with Crippen LogP contribution in [0.4, 0.5) is 10.5 Å². The monoisotopic (exact) mass is 384 g/mol. The van der Waals surface area contributed by atoms with E-state index in [9.17, 15) is 14.9 Å². The van der Waals surface area contributed by atoms with Crippen molar-refractivity contribution in [3.8, 4) is 0 Å². The molecule has 1 saturated heterocycles. The van der Waals surface area contributed by atoms with Crippen molar-refractivity contribution in [2.75, 3.05) is 26.3 Å². The first-order chi connectivity index (χ1) is 13.6. The summed E-state index contributed by atoms with van der Waals surface area (Å²) in [6.45, 7) is 4.92. The molecule has 1 aliphatic heterocycles. The van der Waals surface area contributed by atoms with Crippen LogP contribution in [0.5, 0.6) is 0 Å². The SMILES string of the molecule is O=C(NCc1cccc(CN2CCOCC2)c1)NCc1cccc([N+](=O)[O-])c1. The topological polar surface area (TPSA) is 96.7 Å². The number of benzene rings is 2. The predicted molar refractivity (Wildman–Crippen MR) is 105 cm³/mol. The highest BCUT2D eigenvalue weighted by Gasteiger charge is 2.11. The molecule has 0 bridgehead atoms.